The fraction of sp³-hybridized carbons (Fsp3) is 0.571. The molecular weight excluding hydrogens is 376 g/mol. The van der Waals surface area contributed by atoms with Crippen LogP contribution in [-0.2, 0) is 30.3 Å². The fourth-order valence-corrected chi connectivity index (χ4v) is 2.43. The summed E-state index contributed by atoms with van der Waals surface area (Å²) in [4.78, 5) is 33.4. The number of esters is 3. The highest BCUT2D eigenvalue weighted by molar-refractivity contribution is 5.89. The third-order valence-electron chi connectivity index (χ3n) is 4.09. The van der Waals surface area contributed by atoms with Gasteiger partial charge in [-0.25, -0.2) is 4.79 Å². The maximum absolute atomic E-state index is 11.6. The van der Waals surface area contributed by atoms with E-state index in [0.29, 0.717) is 18.5 Å². The van der Waals surface area contributed by atoms with Crippen LogP contribution in [0.4, 0.5) is 0 Å². The first-order chi connectivity index (χ1) is 13.8. The quantitative estimate of drug-likeness (QED) is 0.445. The van der Waals surface area contributed by atoms with E-state index in [4.69, 9.17) is 10.5 Å². The summed E-state index contributed by atoms with van der Waals surface area (Å²) in [6.07, 6.45) is 3.24. The van der Waals surface area contributed by atoms with E-state index in [-0.39, 0.29) is 23.9 Å². The van der Waals surface area contributed by atoms with Gasteiger partial charge in [0.2, 0.25) is 0 Å². The van der Waals surface area contributed by atoms with Gasteiger partial charge in [-0.3, -0.25) is 9.59 Å². The number of carbonyl (C=O) groups excluding carboxylic acids is 3. The van der Waals surface area contributed by atoms with E-state index in [1.54, 1.807) is 12.1 Å². The Morgan fingerprint density at radius 3 is 1.90 bits per heavy atom. The average Bonchev–Trinajstić information content (AvgIpc) is 2.75. The molecule has 8 heteroatoms. The highest BCUT2D eigenvalue weighted by atomic mass is 16.5. The van der Waals surface area contributed by atoms with Crippen LogP contribution in [0.3, 0.4) is 0 Å². The van der Waals surface area contributed by atoms with E-state index in [1.165, 1.54) is 21.3 Å². The molecule has 0 fully saturated rings. The number of hydrogen-bond donors (Lipinski definition) is 2. The number of methoxy groups -OCH3 is 3. The topological polar surface area (TPSA) is 117 Å². The van der Waals surface area contributed by atoms with Crippen LogP contribution in [0.2, 0.25) is 0 Å². The first-order valence-corrected chi connectivity index (χ1v) is 9.66. The Morgan fingerprint density at radius 2 is 1.45 bits per heavy atom. The lowest BCUT2D eigenvalue weighted by atomic mass is 10.1. The molecule has 0 saturated carbocycles. The van der Waals surface area contributed by atoms with Gasteiger partial charge in [-0.05, 0) is 30.5 Å². The standard InChI is InChI=1S/C15H21NO4.C6H13NO2/c1-4-5-13(15(18)20-3)16-10-11-6-8-12(9-7-11)14(17)19-2;1-3-4-5(7)6(8)9-2/h6-9,13,16H,4-5,10H2,1-3H3;5H,3-4,7H2,1-2H3/t13-;5-/m11/s1. The van der Waals surface area contributed by atoms with Crippen molar-refractivity contribution in [2.24, 2.45) is 5.73 Å². The molecule has 0 saturated heterocycles. The van der Waals surface area contributed by atoms with Crippen LogP contribution in [0.5, 0.6) is 0 Å². The molecule has 0 aliphatic heterocycles. The van der Waals surface area contributed by atoms with Crippen molar-refractivity contribution in [2.75, 3.05) is 21.3 Å². The second-order valence-electron chi connectivity index (χ2n) is 6.35. The van der Waals surface area contributed by atoms with Gasteiger partial charge in [0.15, 0.2) is 0 Å². The van der Waals surface area contributed by atoms with Crippen molar-refractivity contribution in [3.05, 3.63) is 35.4 Å². The Hall–Kier alpha value is -2.45. The van der Waals surface area contributed by atoms with Crippen LogP contribution >= 0.6 is 0 Å². The summed E-state index contributed by atoms with van der Waals surface area (Å²) in [7, 11) is 4.08. The van der Waals surface area contributed by atoms with E-state index in [9.17, 15) is 14.4 Å². The van der Waals surface area contributed by atoms with Crippen molar-refractivity contribution in [2.45, 2.75) is 58.2 Å². The van der Waals surface area contributed by atoms with E-state index in [0.717, 1.165) is 24.8 Å². The summed E-state index contributed by atoms with van der Waals surface area (Å²) in [5.74, 6) is -0.933. The highest BCUT2D eigenvalue weighted by Crippen LogP contribution is 2.07. The summed E-state index contributed by atoms with van der Waals surface area (Å²) in [6.45, 7) is 4.53. The molecule has 0 aliphatic rings. The highest BCUT2D eigenvalue weighted by Gasteiger charge is 2.17. The van der Waals surface area contributed by atoms with Gasteiger partial charge in [0.05, 0.1) is 26.9 Å². The lowest BCUT2D eigenvalue weighted by Crippen LogP contribution is -2.37. The fourth-order valence-electron chi connectivity index (χ4n) is 2.43. The molecule has 1 rings (SSSR count). The van der Waals surface area contributed by atoms with Crippen molar-refractivity contribution in [3.63, 3.8) is 0 Å². The van der Waals surface area contributed by atoms with E-state index >= 15 is 0 Å². The van der Waals surface area contributed by atoms with E-state index < -0.39 is 6.04 Å². The summed E-state index contributed by atoms with van der Waals surface area (Å²) in [6, 6.07) is 6.34. The van der Waals surface area contributed by atoms with Crippen LogP contribution in [0.1, 0.15) is 55.5 Å². The molecule has 0 unspecified atom stereocenters. The molecule has 0 heterocycles. The first-order valence-electron chi connectivity index (χ1n) is 9.66. The molecule has 0 spiro atoms. The zero-order valence-electron chi connectivity index (χ0n) is 18.0. The van der Waals surface area contributed by atoms with Crippen molar-refractivity contribution < 1.29 is 28.6 Å². The molecule has 3 N–H and O–H groups in total. The zero-order chi connectivity index (χ0) is 22.2. The molecule has 0 bridgehead atoms. The summed E-state index contributed by atoms with van der Waals surface area (Å²) >= 11 is 0. The summed E-state index contributed by atoms with van der Waals surface area (Å²) in [5, 5.41) is 3.16. The molecule has 1 aromatic rings. The third kappa shape index (κ3) is 10.6. The number of carbonyl (C=O) groups is 3. The van der Waals surface area contributed by atoms with Gasteiger partial charge in [0.25, 0.3) is 0 Å². The molecule has 8 nitrogen and oxygen atoms in total. The molecule has 0 amide bonds. The largest absolute Gasteiger partial charge is 0.468 e. The number of nitrogens with one attached hydrogen (secondary N) is 1. The number of rotatable bonds is 10. The third-order valence-corrected chi connectivity index (χ3v) is 4.09. The zero-order valence-corrected chi connectivity index (χ0v) is 18.0. The van der Waals surface area contributed by atoms with Crippen molar-refractivity contribution in [1.29, 1.82) is 0 Å². The minimum absolute atomic E-state index is 0.252. The van der Waals surface area contributed by atoms with E-state index in [1.807, 2.05) is 26.0 Å². The smallest absolute Gasteiger partial charge is 0.337 e. The molecule has 0 aromatic heterocycles. The van der Waals surface area contributed by atoms with Gasteiger partial charge in [-0.1, -0.05) is 38.8 Å². The Morgan fingerprint density at radius 1 is 0.897 bits per heavy atom. The number of benzene rings is 1. The molecular formula is C21H34N2O6. The Bertz CT molecular complexity index is 618. The number of nitrogens with two attached hydrogens (primary N) is 1. The Kier molecular flexibility index (Phi) is 14.2. The molecule has 2 atom stereocenters. The SMILES string of the molecule is CCC[C@@H](N)C(=O)OC.CCC[C@@H](NCc1ccc(C(=O)OC)cc1)C(=O)OC. The predicted molar refractivity (Wildman–Crippen MR) is 110 cm³/mol. The normalized spacial score (nSPS) is 12.1. The van der Waals surface area contributed by atoms with Gasteiger partial charge in [0.1, 0.15) is 12.1 Å². The Labute approximate surface area is 173 Å². The maximum Gasteiger partial charge on any atom is 0.337 e. The predicted octanol–water partition coefficient (Wildman–Crippen LogP) is 2.19. The van der Waals surface area contributed by atoms with Crippen LogP contribution in [0, 0.1) is 0 Å². The monoisotopic (exact) mass is 410 g/mol. The minimum atomic E-state index is -0.431. The van der Waals surface area contributed by atoms with Gasteiger partial charge >= 0.3 is 17.9 Å². The van der Waals surface area contributed by atoms with Crippen LogP contribution < -0.4 is 11.1 Å². The molecule has 0 aliphatic carbocycles. The second-order valence-corrected chi connectivity index (χ2v) is 6.35. The van der Waals surface area contributed by atoms with Crippen LogP contribution in [0.15, 0.2) is 24.3 Å². The van der Waals surface area contributed by atoms with Crippen LogP contribution in [-0.4, -0.2) is 51.3 Å². The van der Waals surface area contributed by atoms with Crippen LogP contribution in [0.25, 0.3) is 0 Å². The molecule has 29 heavy (non-hydrogen) atoms. The van der Waals surface area contributed by atoms with Gasteiger partial charge in [0, 0.05) is 6.54 Å². The minimum Gasteiger partial charge on any atom is -0.468 e. The lowest BCUT2D eigenvalue weighted by molar-refractivity contribution is -0.143. The van der Waals surface area contributed by atoms with Gasteiger partial charge < -0.3 is 25.3 Å². The molecule has 0 radical (unpaired) electrons. The number of ether oxygens (including phenoxy) is 3. The summed E-state index contributed by atoms with van der Waals surface area (Å²) in [5.41, 5.74) is 6.86. The molecule has 164 valence electrons. The Balaban J connectivity index is 0.000000734. The van der Waals surface area contributed by atoms with Crippen molar-refractivity contribution in [1.82, 2.24) is 5.32 Å². The van der Waals surface area contributed by atoms with Crippen molar-refractivity contribution >= 4 is 17.9 Å². The summed E-state index contributed by atoms with van der Waals surface area (Å²) < 4.78 is 13.8. The van der Waals surface area contributed by atoms with Crippen molar-refractivity contribution in [3.8, 4) is 0 Å². The van der Waals surface area contributed by atoms with Gasteiger partial charge in [-0.2, -0.15) is 0 Å². The lowest BCUT2D eigenvalue weighted by Gasteiger charge is -2.15. The average molecular weight is 411 g/mol. The second kappa shape index (κ2) is 15.5. The molecule has 1 aromatic carbocycles. The van der Waals surface area contributed by atoms with E-state index in [2.05, 4.69) is 14.8 Å². The van der Waals surface area contributed by atoms with Gasteiger partial charge in [-0.15, -0.1) is 0 Å². The maximum atomic E-state index is 11.6. The number of hydrogen-bond acceptors (Lipinski definition) is 8. The first kappa shape index (κ1) is 26.6.